The fourth-order valence-corrected chi connectivity index (χ4v) is 3.02. The van der Waals surface area contributed by atoms with Gasteiger partial charge in [-0.2, -0.15) is 0 Å². The third-order valence-electron chi connectivity index (χ3n) is 3.82. The molecule has 0 radical (unpaired) electrons. The monoisotopic (exact) mass is 369 g/mol. The van der Waals surface area contributed by atoms with Crippen molar-refractivity contribution >= 4 is 28.9 Å². The lowest BCUT2D eigenvalue weighted by atomic mass is 9.84. The second-order valence-corrected chi connectivity index (χ2v) is 6.06. The number of halogens is 2. The predicted octanol–water partition coefficient (Wildman–Crippen LogP) is 3.51. The molecule has 3 rings (SSSR count). The summed E-state index contributed by atoms with van der Waals surface area (Å²) < 4.78 is 10.9. The zero-order valence-corrected chi connectivity index (χ0v) is 13.8. The Kier molecular flexibility index (Phi) is 4.76. The molecule has 1 N–H and O–H groups in total. The fraction of sp³-hybridized carbons (Fsp3) is 0.250. The van der Waals surface area contributed by atoms with Crippen LogP contribution in [0, 0.1) is 10.1 Å². The molecule has 0 aliphatic carbocycles. The third-order valence-corrected chi connectivity index (χ3v) is 4.54. The third kappa shape index (κ3) is 2.87. The first-order valence-corrected chi connectivity index (χ1v) is 7.85. The molecule has 1 heterocycles. The van der Waals surface area contributed by atoms with Crippen molar-refractivity contribution in [1.82, 2.24) is 0 Å². The van der Waals surface area contributed by atoms with Crippen molar-refractivity contribution in [2.75, 3.05) is 13.2 Å². The minimum absolute atomic E-state index is 0.0239. The van der Waals surface area contributed by atoms with Gasteiger partial charge in [0.2, 0.25) is 0 Å². The second-order valence-electron chi connectivity index (χ2n) is 5.25. The van der Waals surface area contributed by atoms with Crippen LogP contribution in [0.1, 0.15) is 11.1 Å². The number of hydrogen-bond donors (Lipinski definition) is 1. The minimum atomic E-state index is -1.91. The van der Waals surface area contributed by atoms with Crippen molar-refractivity contribution in [3.05, 3.63) is 73.8 Å². The van der Waals surface area contributed by atoms with Gasteiger partial charge in [-0.1, -0.05) is 53.5 Å². The molecule has 1 unspecified atom stereocenters. The molecule has 0 aromatic heterocycles. The van der Waals surface area contributed by atoms with Crippen LogP contribution < -0.4 is 0 Å². The van der Waals surface area contributed by atoms with Gasteiger partial charge in [-0.15, -0.1) is 0 Å². The van der Waals surface area contributed by atoms with Gasteiger partial charge in [0, 0.05) is 6.07 Å². The fourth-order valence-electron chi connectivity index (χ4n) is 2.70. The van der Waals surface area contributed by atoms with Crippen LogP contribution in [0.15, 0.2) is 42.5 Å². The molecule has 0 spiro atoms. The van der Waals surface area contributed by atoms with E-state index in [1.165, 1.54) is 6.07 Å². The highest BCUT2D eigenvalue weighted by Crippen LogP contribution is 2.43. The zero-order chi connectivity index (χ0) is 17.3. The number of aliphatic hydroxyl groups is 1. The molecule has 0 saturated carbocycles. The molecule has 1 saturated heterocycles. The van der Waals surface area contributed by atoms with E-state index in [-0.39, 0.29) is 34.5 Å². The molecule has 6 nitrogen and oxygen atoms in total. The summed E-state index contributed by atoms with van der Waals surface area (Å²) in [5, 5.41) is 23.0. The Balaban J connectivity index is 2.27. The molecule has 1 aliphatic heterocycles. The first kappa shape index (κ1) is 17.1. The maximum Gasteiger partial charge on any atom is 0.277 e. The van der Waals surface area contributed by atoms with Crippen molar-refractivity contribution in [3.8, 4) is 0 Å². The molecular formula is C16H13Cl2NO5. The lowest BCUT2D eigenvalue weighted by Crippen LogP contribution is -2.42. The van der Waals surface area contributed by atoms with Crippen molar-refractivity contribution in [1.29, 1.82) is 0 Å². The standard InChI is InChI=1S/C16H13Cl2NO5/c17-12-8-11(14(19(21)22)9-13(12)18)16(20,15-23-6-7-24-15)10-4-2-1-3-5-10/h1-5,8-9,15,20H,6-7H2. The van der Waals surface area contributed by atoms with E-state index in [2.05, 4.69) is 0 Å². The number of ether oxygens (including phenoxy) is 2. The molecule has 126 valence electrons. The van der Waals surface area contributed by atoms with E-state index >= 15 is 0 Å². The average Bonchev–Trinajstić information content (AvgIpc) is 3.12. The van der Waals surface area contributed by atoms with Crippen LogP contribution in [0.2, 0.25) is 10.0 Å². The summed E-state index contributed by atoms with van der Waals surface area (Å²) in [7, 11) is 0. The number of nitro groups is 1. The quantitative estimate of drug-likeness (QED) is 0.658. The van der Waals surface area contributed by atoms with E-state index in [0.717, 1.165) is 6.07 Å². The molecule has 1 fully saturated rings. The van der Waals surface area contributed by atoms with Crippen LogP contribution in [0.3, 0.4) is 0 Å². The Bertz CT molecular complexity index is 765. The van der Waals surface area contributed by atoms with Gasteiger partial charge >= 0.3 is 0 Å². The lowest BCUT2D eigenvalue weighted by Gasteiger charge is -2.33. The summed E-state index contributed by atoms with van der Waals surface area (Å²) in [6, 6.07) is 10.8. The number of rotatable bonds is 4. The highest BCUT2D eigenvalue weighted by Gasteiger charge is 2.48. The molecule has 2 aromatic rings. The Morgan fingerprint density at radius 2 is 1.71 bits per heavy atom. The van der Waals surface area contributed by atoms with Gasteiger partial charge in [-0.3, -0.25) is 10.1 Å². The smallest absolute Gasteiger partial charge is 0.277 e. The van der Waals surface area contributed by atoms with E-state index in [4.69, 9.17) is 32.7 Å². The molecular weight excluding hydrogens is 357 g/mol. The Labute approximate surface area is 147 Å². The topological polar surface area (TPSA) is 81.8 Å². The Morgan fingerprint density at radius 1 is 1.12 bits per heavy atom. The Hall–Kier alpha value is -1.70. The molecule has 0 bridgehead atoms. The zero-order valence-electron chi connectivity index (χ0n) is 12.3. The van der Waals surface area contributed by atoms with Crippen LogP contribution in [0.25, 0.3) is 0 Å². The van der Waals surface area contributed by atoms with Gasteiger partial charge in [0.1, 0.15) is 0 Å². The average molecular weight is 370 g/mol. The summed E-state index contributed by atoms with van der Waals surface area (Å²) in [5.74, 6) is 0. The molecule has 1 atom stereocenters. The van der Waals surface area contributed by atoms with Gasteiger partial charge < -0.3 is 14.6 Å². The number of nitrogens with zero attached hydrogens (tertiary/aromatic N) is 1. The first-order chi connectivity index (χ1) is 11.4. The molecule has 0 amide bonds. The largest absolute Gasteiger partial charge is 0.375 e. The summed E-state index contributed by atoms with van der Waals surface area (Å²) in [5.41, 5.74) is -1.93. The lowest BCUT2D eigenvalue weighted by molar-refractivity contribution is -0.387. The highest BCUT2D eigenvalue weighted by atomic mass is 35.5. The van der Waals surface area contributed by atoms with Crippen molar-refractivity contribution in [2.24, 2.45) is 0 Å². The van der Waals surface area contributed by atoms with Gasteiger partial charge in [-0.25, -0.2) is 0 Å². The summed E-state index contributed by atoms with van der Waals surface area (Å²) in [6.45, 7) is 0.545. The van der Waals surface area contributed by atoms with E-state index in [1.54, 1.807) is 30.3 Å². The van der Waals surface area contributed by atoms with Crippen LogP contribution in [-0.2, 0) is 15.1 Å². The summed E-state index contributed by atoms with van der Waals surface area (Å²) >= 11 is 11.9. The highest BCUT2D eigenvalue weighted by molar-refractivity contribution is 6.42. The Morgan fingerprint density at radius 3 is 2.29 bits per heavy atom. The van der Waals surface area contributed by atoms with Gasteiger partial charge in [0.05, 0.1) is 33.7 Å². The van der Waals surface area contributed by atoms with Crippen molar-refractivity contribution in [2.45, 2.75) is 11.9 Å². The number of hydrogen-bond acceptors (Lipinski definition) is 5. The summed E-state index contributed by atoms with van der Waals surface area (Å²) in [4.78, 5) is 10.9. The number of nitro benzene ring substituents is 1. The maximum atomic E-state index is 11.5. The molecule has 24 heavy (non-hydrogen) atoms. The maximum absolute atomic E-state index is 11.5. The van der Waals surface area contributed by atoms with Crippen molar-refractivity contribution < 1.29 is 19.5 Å². The van der Waals surface area contributed by atoms with Gasteiger partial charge in [-0.05, 0) is 11.6 Å². The van der Waals surface area contributed by atoms with Gasteiger partial charge in [0.15, 0.2) is 11.9 Å². The van der Waals surface area contributed by atoms with Gasteiger partial charge in [0.25, 0.3) is 5.69 Å². The van der Waals surface area contributed by atoms with E-state index in [1.807, 2.05) is 0 Å². The minimum Gasteiger partial charge on any atom is -0.375 e. The SMILES string of the molecule is O=[N+]([O-])c1cc(Cl)c(Cl)cc1C(O)(c1ccccc1)C1OCCO1. The van der Waals surface area contributed by atoms with E-state index in [9.17, 15) is 15.2 Å². The van der Waals surface area contributed by atoms with Crippen LogP contribution in [0.4, 0.5) is 5.69 Å². The van der Waals surface area contributed by atoms with Crippen LogP contribution in [0.5, 0.6) is 0 Å². The van der Waals surface area contributed by atoms with Crippen molar-refractivity contribution in [3.63, 3.8) is 0 Å². The number of benzene rings is 2. The summed E-state index contributed by atoms with van der Waals surface area (Å²) in [6.07, 6.45) is -1.10. The predicted molar refractivity (Wildman–Crippen MR) is 88.2 cm³/mol. The molecule has 8 heteroatoms. The molecule has 1 aliphatic rings. The van der Waals surface area contributed by atoms with E-state index < -0.39 is 16.8 Å². The van der Waals surface area contributed by atoms with Crippen LogP contribution in [-0.4, -0.2) is 29.5 Å². The molecule has 2 aromatic carbocycles. The second kappa shape index (κ2) is 6.66. The first-order valence-electron chi connectivity index (χ1n) is 7.09. The van der Waals surface area contributed by atoms with Crippen LogP contribution >= 0.6 is 23.2 Å². The van der Waals surface area contributed by atoms with E-state index in [0.29, 0.717) is 5.56 Å². The normalized spacial score (nSPS) is 17.6.